The highest BCUT2D eigenvalue weighted by molar-refractivity contribution is 5.62. The Labute approximate surface area is 82.5 Å². The Morgan fingerprint density at radius 2 is 1.93 bits per heavy atom. The van der Waals surface area contributed by atoms with E-state index in [0.29, 0.717) is 0 Å². The second-order valence-corrected chi connectivity index (χ2v) is 3.39. The van der Waals surface area contributed by atoms with Crippen molar-refractivity contribution in [3.05, 3.63) is 35.9 Å². The smallest absolute Gasteiger partial charge is 0.428 e. The fourth-order valence-electron chi connectivity index (χ4n) is 1.07. The third kappa shape index (κ3) is 2.74. The predicted octanol–water partition coefficient (Wildman–Crippen LogP) is 2.12. The SMILES string of the molecule is CC(C)(ONC(=O)O)c1ccccc1. The van der Waals surface area contributed by atoms with E-state index in [1.165, 1.54) is 0 Å². The summed E-state index contributed by atoms with van der Waals surface area (Å²) in [5.41, 5.74) is 2.14. The molecule has 1 aromatic carbocycles. The molecule has 4 heteroatoms. The van der Waals surface area contributed by atoms with Crippen molar-refractivity contribution >= 4 is 6.09 Å². The van der Waals surface area contributed by atoms with E-state index in [1.807, 2.05) is 35.8 Å². The average Bonchev–Trinajstić information content (AvgIpc) is 2.16. The van der Waals surface area contributed by atoms with Crippen LogP contribution in [0.2, 0.25) is 0 Å². The molecule has 0 atom stereocenters. The lowest BCUT2D eigenvalue weighted by Gasteiger charge is -2.24. The molecule has 0 radical (unpaired) electrons. The predicted molar refractivity (Wildman–Crippen MR) is 51.7 cm³/mol. The number of carbonyl (C=O) groups is 1. The number of hydrogen-bond acceptors (Lipinski definition) is 2. The van der Waals surface area contributed by atoms with E-state index >= 15 is 0 Å². The molecule has 1 rings (SSSR count). The largest absolute Gasteiger partial charge is 0.464 e. The van der Waals surface area contributed by atoms with Crippen LogP contribution in [0.25, 0.3) is 0 Å². The molecule has 0 heterocycles. The molecule has 1 aromatic rings. The Balaban J connectivity index is 2.70. The van der Waals surface area contributed by atoms with Gasteiger partial charge in [0, 0.05) is 0 Å². The molecule has 1 amide bonds. The second-order valence-electron chi connectivity index (χ2n) is 3.39. The van der Waals surface area contributed by atoms with Crippen LogP contribution in [0.1, 0.15) is 19.4 Å². The van der Waals surface area contributed by atoms with Gasteiger partial charge in [-0.25, -0.2) is 4.79 Å². The maximum atomic E-state index is 10.2. The number of rotatable bonds is 3. The molecule has 0 unspecified atom stereocenters. The molecule has 2 N–H and O–H groups in total. The van der Waals surface area contributed by atoms with Crippen LogP contribution in [-0.4, -0.2) is 11.2 Å². The van der Waals surface area contributed by atoms with Crippen LogP contribution >= 0.6 is 0 Å². The summed E-state index contributed by atoms with van der Waals surface area (Å²) < 4.78 is 0. The zero-order valence-electron chi connectivity index (χ0n) is 8.15. The fraction of sp³-hybridized carbons (Fsp3) is 0.300. The number of carboxylic acid groups (broad SMARTS) is 1. The van der Waals surface area contributed by atoms with E-state index in [-0.39, 0.29) is 0 Å². The lowest BCUT2D eigenvalue weighted by atomic mass is 9.99. The summed E-state index contributed by atoms with van der Waals surface area (Å²) in [4.78, 5) is 15.3. The highest BCUT2D eigenvalue weighted by atomic mass is 16.7. The maximum Gasteiger partial charge on any atom is 0.428 e. The molecule has 14 heavy (non-hydrogen) atoms. The van der Waals surface area contributed by atoms with E-state index in [9.17, 15) is 4.79 Å². The highest BCUT2D eigenvalue weighted by Gasteiger charge is 2.22. The van der Waals surface area contributed by atoms with Gasteiger partial charge in [0.05, 0.1) is 0 Å². The second kappa shape index (κ2) is 4.11. The molecule has 76 valence electrons. The van der Waals surface area contributed by atoms with Crippen molar-refractivity contribution in [3.8, 4) is 0 Å². The van der Waals surface area contributed by atoms with Crippen LogP contribution in [0.15, 0.2) is 30.3 Å². The molecule has 0 saturated carbocycles. The van der Waals surface area contributed by atoms with Crippen LogP contribution in [-0.2, 0) is 10.4 Å². The lowest BCUT2D eigenvalue weighted by molar-refractivity contribution is -0.0776. The number of amides is 1. The summed E-state index contributed by atoms with van der Waals surface area (Å²) in [6.45, 7) is 3.58. The summed E-state index contributed by atoms with van der Waals surface area (Å²) in [6.07, 6.45) is -1.20. The van der Waals surface area contributed by atoms with Gasteiger partial charge in [0.2, 0.25) is 0 Å². The van der Waals surface area contributed by atoms with Crippen molar-refractivity contribution in [2.75, 3.05) is 0 Å². The Morgan fingerprint density at radius 3 is 2.43 bits per heavy atom. The summed E-state index contributed by atoms with van der Waals surface area (Å²) in [7, 11) is 0. The van der Waals surface area contributed by atoms with Crippen molar-refractivity contribution in [2.45, 2.75) is 19.4 Å². The zero-order chi connectivity index (χ0) is 10.6. The molecular formula is C10H13NO3. The van der Waals surface area contributed by atoms with Crippen molar-refractivity contribution in [2.24, 2.45) is 0 Å². The van der Waals surface area contributed by atoms with Gasteiger partial charge in [0.25, 0.3) is 0 Å². The van der Waals surface area contributed by atoms with Gasteiger partial charge in [0.15, 0.2) is 0 Å². The summed E-state index contributed by atoms with van der Waals surface area (Å²) in [5, 5.41) is 8.39. The highest BCUT2D eigenvalue weighted by Crippen LogP contribution is 2.22. The molecule has 0 saturated heterocycles. The van der Waals surface area contributed by atoms with Crippen molar-refractivity contribution < 1.29 is 14.7 Å². The van der Waals surface area contributed by atoms with Gasteiger partial charge in [-0.3, -0.25) is 4.84 Å². The quantitative estimate of drug-likeness (QED) is 0.726. The van der Waals surface area contributed by atoms with Crippen molar-refractivity contribution in [3.63, 3.8) is 0 Å². The zero-order valence-corrected chi connectivity index (χ0v) is 8.15. The van der Waals surface area contributed by atoms with Gasteiger partial charge >= 0.3 is 6.09 Å². The molecule has 0 aliphatic carbocycles. The lowest BCUT2D eigenvalue weighted by Crippen LogP contribution is -2.33. The van der Waals surface area contributed by atoms with Crippen LogP contribution < -0.4 is 5.48 Å². The van der Waals surface area contributed by atoms with Crippen LogP contribution in [0.4, 0.5) is 4.79 Å². The molecular weight excluding hydrogens is 182 g/mol. The summed E-state index contributed by atoms with van der Waals surface area (Å²) in [5.74, 6) is 0. The molecule has 0 aliphatic rings. The number of benzene rings is 1. The van der Waals surface area contributed by atoms with E-state index in [2.05, 4.69) is 0 Å². The van der Waals surface area contributed by atoms with Crippen LogP contribution in [0.5, 0.6) is 0 Å². The fourth-order valence-corrected chi connectivity index (χ4v) is 1.07. The molecule has 0 aliphatic heterocycles. The summed E-state index contributed by atoms with van der Waals surface area (Å²) >= 11 is 0. The van der Waals surface area contributed by atoms with E-state index in [4.69, 9.17) is 9.94 Å². The molecule has 0 bridgehead atoms. The third-order valence-corrected chi connectivity index (χ3v) is 1.86. The average molecular weight is 195 g/mol. The van der Waals surface area contributed by atoms with Crippen LogP contribution in [0, 0.1) is 0 Å². The first-order valence-corrected chi connectivity index (χ1v) is 4.25. The van der Waals surface area contributed by atoms with Gasteiger partial charge in [-0.05, 0) is 19.4 Å². The molecule has 0 spiro atoms. The Bertz CT molecular complexity index is 308. The maximum absolute atomic E-state index is 10.2. The monoisotopic (exact) mass is 195 g/mol. The van der Waals surface area contributed by atoms with Gasteiger partial charge in [-0.15, -0.1) is 0 Å². The first-order valence-electron chi connectivity index (χ1n) is 4.25. The van der Waals surface area contributed by atoms with Crippen molar-refractivity contribution in [1.29, 1.82) is 0 Å². The first-order chi connectivity index (χ1) is 6.52. The molecule has 4 nitrogen and oxygen atoms in total. The Kier molecular flexibility index (Phi) is 3.09. The number of hydroxylamine groups is 1. The van der Waals surface area contributed by atoms with Gasteiger partial charge in [-0.2, -0.15) is 5.48 Å². The van der Waals surface area contributed by atoms with E-state index < -0.39 is 11.7 Å². The normalized spacial score (nSPS) is 11.0. The van der Waals surface area contributed by atoms with Crippen LogP contribution in [0.3, 0.4) is 0 Å². The third-order valence-electron chi connectivity index (χ3n) is 1.86. The van der Waals surface area contributed by atoms with Gasteiger partial charge < -0.3 is 5.11 Å². The summed E-state index contributed by atoms with van der Waals surface area (Å²) in [6, 6.07) is 9.40. The molecule has 0 aromatic heterocycles. The number of nitrogens with one attached hydrogen (secondary N) is 1. The minimum Gasteiger partial charge on any atom is -0.464 e. The minimum atomic E-state index is -1.20. The Morgan fingerprint density at radius 1 is 1.36 bits per heavy atom. The minimum absolute atomic E-state index is 0.667. The molecule has 0 fully saturated rings. The Hall–Kier alpha value is -1.55. The standard InChI is InChI=1S/C10H13NO3/c1-10(2,14-11-9(12)13)8-6-4-3-5-7-8/h3-7,11H,1-2H3,(H,12,13). The van der Waals surface area contributed by atoms with Gasteiger partial charge in [-0.1, -0.05) is 30.3 Å². The number of hydrogen-bond donors (Lipinski definition) is 2. The topological polar surface area (TPSA) is 58.6 Å². The van der Waals surface area contributed by atoms with Crippen molar-refractivity contribution in [1.82, 2.24) is 5.48 Å². The van der Waals surface area contributed by atoms with E-state index in [1.54, 1.807) is 13.8 Å². The van der Waals surface area contributed by atoms with Gasteiger partial charge in [0.1, 0.15) is 5.60 Å². The first kappa shape index (κ1) is 10.5. The van der Waals surface area contributed by atoms with E-state index in [0.717, 1.165) is 5.56 Å².